The molecule has 6 heteroatoms. The smallest absolute Gasteiger partial charge is 0.0549 e. The highest BCUT2D eigenvalue weighted by Gasteiger charge is 2.23. The van der Waals surface area contributed by atoms with Crippen LogP contribution in [0.2, 0.25) is 0 Å². The summed E-state index contributed by atoms with van der Waals surface area (Å²) in [5.41, 5.74) is 23.1. The molecule has 0 aliphatic rings. The van der Waals surface area contributed by atoms with Crippen molar-refractivity contribution in [1.82, 2.24) is 22.8 Å². The van der Waals surface area contributed by atoms with Gasteiger partial charge in [0.1, 0.15) is 0 Å². The fraction of sp³-hybridized carbons (Fsp3) is 0. The zero-order valence-corrected chi connectivity index (χ0v) is 53.2. The molecule has 0 amide bonds. The summed E-state index contributed by atoms with van der Waals surface area (Å²) in [6.07, 6.45) is 0. The first-order valence-corrected chi connectivity index (χ1v) is 33.7. The maximum Gasteiger partial charge on any atom is 0.0549 e. The fourth-order valence-corrected chi connectivity index (χ4v) is 16.5. The Kier molecular flexibility index (Phi) is 11.7. The van der Waals surface area contributed by atoms with Gasteiger partial charge in [-0.25, -0.2) is 0 Å². The van der Waals surface area contributed by atoms with Crippen molar-refractivity contribution in [2.45, 2.75) is 0 Å². The molecule has 0 saturated carbocycles. The summed E-state index contributed by atoms with van der Waals surface area (Å²) in [5, 5.41) is 17.2. The van der Waals surface area contributed by atoms with Crippen LogP contribution in [0.15, 0.2) is 352 Å². The van der Waals surface area contributed by atoms with Gasteiger partial charge in [0.25, 0.3) is 0 Å². The molecular formula is C92H58N6. The first kappa shape index (κ1) is 54.3. The van der Waals surface area contributed by atoms with Crippen LogP contribution in [-0.2, 0) is 0 Å². The molecule has 456 valence electrons. The first-order chi connectivity index (χ1) is 48.6. The van der Waals surface area contributed by atoms with Gasteiger partial charge in [-0.15, -0.1) is 0 Å². The van der Waals surface area contributed by atoms with Crippen LogP contribution in [0, 0.1) is 0 Å². The van der Waals surface area contributed by atoms with E-state index in [0.717, 1.165) is 50.8 Å². The third-order valence-corrected chi connectivity index (χ3v) is 20.8. The maximum absolute atomic E-state index is 2.50. The van der Waals surface area contributed by atoms with Crippen LogP contribution < -0.4 is 4.90 Å². The Balaban J connectivity index is 0.655. The zero-order chi connectivity index (χ0) is 64.1. The second-order valence-corrected chi connectivity index (χ2v) is 26.0. The van der Waals surface area contributed by atoms with E-state index in [-0.39, 0.29) is 0 Å². The van der Waals surface area contributed by atoms with Gasteiger partial charge < -0.3 is 27.7 Å². The van der Waals surface area contributed by atoms with E-state index < -0.39 is 0 Å². The molecule has 98 heavy (non-hydrogen) atoms. The highest BCUT2D eigenvalue weighted by molar-refractivity contribution is 6.21. The summed E-state index contributed by atoms with van der Waals surface area (Å²) >= 11 is 0. The van der Waals surface area contributed by atoms with Crippen LogP contribution in [0.4, 0.5) is 17.1 Å². The fourth-order valence-electron chi connectivity index (χ4n) is 16.5. The van der Waals surface area contributed by atoms with Crippen LogP contribution in [0.25, 0.3) is 170 Å². The lowest BCUT2D eigenvalue weighted by Crippen LogP contribution is -2.10. The van der Waals surface area contributed by atoms with Crippen LogP contribution in [0.5, 0.6) is 0 Å². The molecule has 0 bridgehead atoms. The molecule has 0 fully saturated rings. The Morgan fingerprint density at radius 2 is 0.449 bits per heavy atom. The Labute approximate surface area is 563 Å². The zero-order valence-electron chi connectivity index (χ0n) is 53.2. The number of anilines is 3. The SMILES string of the molecule is c1ccc2c(-n3c4ccccc4c4cc5c(cc43)c3ccccc3n5-c3cccc4cc(-c5ccc6c(c5)c5ccccc5n6-c5ccc(N(c6ccc(-n7c8ccccc8c8ccccc87)cc6)c6ccc(-n7c8ccccc8c8ccccc87)cc6)cc5)ccc34)cccc2c1. The summed E-state index contributed by atoms with van der Waals surface area (Å²) in [7, 11) is 0. The van der Waals surface area contributed by atoms with Crippen LogP contribution in [0.3, 0.4) is 0 Å². The van der Waals surface area contributed by atoms with Crippen molar-refractivity contribution >= 4 is 148 Å². The van der Waals surface area contributed by atoms with E-state index in [9.17, 15) is 0 Å². The molecule has 21 aromatic rings. The van der Waals surface area contributed by atoms with E-state index in [2.05, 4.69) is 380 Å². The van der Waals surface area contributed by atoms with Gasteiger partial charge in [-0.2, -0.15) is 0 Å². The lowest BCUT2D eigenvalue weighted by atomic mass is 9.98. The van der Waals surface area contributed by atoms with Crippen molar-refractivity contribution in [1.29, 1.82) is 0 Å². The number of hydrogen-bond donors (Lipinski definition) is 0. The minimum atomic E-state index is 1.06. The monoisotopic (exact) mass is 1250 g/mol. The van der Waals surface area contributed by atoms with Crippen molar-refractivity contribution in [3.63, 3.8) is 0 Å². The molecule has 0 spiro atoms. The first-order valence-electron chi connectivity index (χ1n) is 33.7. The summed E-state index contributed by atoms with van der Waals surface area (Å²) in [6, 6.07) is 130. The Bertz CT molecular complexity index is 6580. The summed E-state index contributed by atoms with van der Waals surface area (Å²) in [6.45, 7) is 0. The molecule has 0 saturated heterocycles. The third-order valence-electron chi connectivity index (χ3n) is 20.8. The van der Waals surface area contributed by atoms with Gasteiger partial charge in [0.05, 0.1) is 66.5 Å². The average Bonchev–Trinajstić information content (AvgIpc) is 1.56. The Hall–Kier alpha value is -13.2. The normalized spacial score (nSPS) is 12.1. The Morgan fingerprint density at radius 1 is 0.163 bits per heavy atom. The molecule has 0 N–H and O–H groups in total. The topological polar surface area (TPSA) is 27.9 Å². The standard InChI is InChI=1S/C92H58N6/c1-2-22-69-59(19-1)20-17-37-81(69)97-88-35-15-8-28-76(88)79-58-92-80(57-91(79)97)77-29-9-16-36-89(77)98(92)82-38-18-21-62-55-60(39-53-70(62)82)61-40-54-90-78(56-61)75-27-7-14-34-87(75)96(90)68-51-45-65(46-52-68)93(63-41-47-66(48-42-63)94-83-30-10-3-23-71(83)72-24-4-11-31-84(72)94)64-43-49-67(50-44-64)95-85-32-12-5-25-73(85)74-26-6-13-33-86(74)95/h1-58H. The van der Waals surface area contributed by atoms with Crippen molar-refractivity contribution in [2.24, 2.45) is 0 Å². The number of benzene rings is 16. The number of aromatic nitrogens is 5. The molecular weight excluding hydrogens is 1190 g/mol. The van der Waals surface area contributed by atoms with Gasteiger partial charge in [0.2, 0.25) is 0 Å². The number of hydrogen-bond acceptors (Lipinski definition) is 1. The second kappa shape index (κ2) is 21.2. The molecule has 0 aliphatic heterocycles. The van der Waals surface area contributed by atoms with Crippen molar-refractivity contribution in [3.8, 4) is 39.6 Å². The Morgan fingerprint density at radius 3 is 0.857 bits per heavy atom. The largest absolute Gasteiger partial charge is 0.310 e. The number of nitrogens with zero attached hydrogens (tertiary/aromatic N) is 6. The predicted octanol–water partition coefficient (Wildman–Crippen LogP) is 24.6. The van der Waals surface area contributed by atoms with E-state index >= 15 is 0 Å². The van der Waals surface area contributed by atoms with E-state index in [1.807, 2.05) is 0 Å². The van der Waals surface area contributed by atoms with Gasteiger partial charge in [0, 0.05) is 98.8 Å². The van der Waals surface area contributed by atoms with Crippen molar-refractivity contribution in [3.05, 3.63) is 352 Å². The molecule has 0 radical (unpaired) electrons. The quantitative estimate of drug-likeness (QED) is 0.142. The van der Waals surface area contributed by atoms with E-state index in [1.165, 1.54) is 136 Å². The summed E-state index contributed by atoms with van der Waals surface area (Å²) in [5.74, 6) is 0. The number of fused-ring (bicyclic) bond motifs is 17. The van der Waals surface area contributed by atoms with Gasteiger partial charge >= 0.3 is 0 Å². The summed E-state index contributed by atoms with van der Waals surface area (Å²) in [4.78, 5) is 2.38. The molecule has 6 nitrogen and oxygen atoms in total. The van der Waals surface area contributed by atoms with Gasteiger partial charge in [-0.1, -0.05) is 194 Å². The molecule has 5 heterocycles. The third kappa shape index (κ3) is 8.03. The van der Waals surface area contributed by atoms with E-state index in [1.54, 1.807) is 0 Å². The van der Waals surface area contributed by atoms with Crippen LogP contribution in [-0.4, -0.2) is 22.8 Å². The number of rotatable bonds is 9. The average molecular weight is 1250 g/mol. The minimum absolute atomic E-state index is 1.06. The van der Waals surface area contributed by atoms with E-state index in [0.29, 0.717) is 0 Å². The molecule has 0 aliphatic carbocycles. The molecule has 21 rings (SSSR count). The lowest BCUT2D eigenvalue weighted by molar-refractivity contribution is 1.16. The van der Waals surface area contributed by atoms with E-state index in [4.69, 9.17) is 0 Å². The minimum Gasteiger partial charge on any atom is -0.310 e. The highest BCUT2D eigenvalue weighted by atomic mass is 15.1. The van der Waals surface area contributed by atoms with Crippen molar-refractivity contribution in [2.75, 3.05) is 4.90 Å². The molecule has 0 unspecified atom stereocenters. The molecule has 16 aromatic carbocycles. The molecule has 0 atom stereocenters. The highest BCUT2D eigenvalue weighted by Crippen LogP contribution is 2.45. The molecule has 5 aromatic heterocycles. The second-order valence-electron chi connectivity index (χ2n) is 26.0. The predicted molar refractivity (Wildman–Crippen MR) is 413 cm³/mol. The number of para-hydroxylation sites is 7. The lowest BCUT2D eigenvalue weighted by Gasteiger charge is -2.26. The van der Waals surface area contributed by atoms with Crippen LogP contribution in [0.1, 0.15) is 0 Å². The van der Waals surface area contributed by atoms with Crippen LogP contribution >= 0.6 is 0 Å². The van der Waals surface area contributed by atoms with Crippen molar-refractivity contribution < 1.29 is 0 Å². The van der Waals surface area contributed by atoms with Gasteiger partial charge in [0.15, 0.2) is 0 Å². The van der Waals surface area contributed by atoms with Gasteiger partial charge in [-0.3, -0.25) is 0 Å². The summed E-state index contributed by atoms with van der Waals surface area (Å²) < 4.78 is 12.2. The van der Waals surface area contributed by atoms with Gasteiger partial charge in [-0.05, 0) is 180 Å². The maximum atomic E-state index is 2.50.